The molecule has 7 nitrogen and oxygen atoms in total. The fourth-order valence-corrected chi connectivity index (χ4v) is 6.49. The molecule has 2 fully saturated rings. The zero-order valence-electron chi connectivity index (χ0n) is 19.3. The van der Waals surface area contributed by atoms with Crippen LogP contribution >= 0.6 is 23.2 Å². The van der Waals surface area contributed by atoms with Crippen molar-refractivity contribution in [3.05, 3.63) is 28.2 Å². The fourth-order valence-electron chi connectivity index (χ4n) is 4.66. The highest BCUT2D eigenvalue weighted by Gasteiger charge is 2.52. The van der Waals surface area contributed by atoms with Crippen molar-refractivity contribution in [1.29, 1.82) is 0 Å². The molecule has 3 rings (SSSR count). The topological polar surface area (TPSA) is 73.0 Å². The van der Waals surface area contributed by atoms with Gasteiger partial charge in [-0.1, -0.05) is 50.9 Å². The van der Waals surface area contributed by atoms with Gasteiger partial charge < -0.3 is 9.80 Å². The molecule has 1 atom stereocenters. The SMILES string of the molecule is CCN(CC)CCN1C(=O)[C@@H](C(C)C)NC12CCN(S(=O)(=O)c1ccc(Cl)c(Cl)c1)CC2. The number of hydrogen-bond acceptors (Lipinski definition) is 5. The van der Waals surface area contributed by atoms with Crippen molar-refractivity contribution in [2.45, 2.75) is 57.1 Å². The number of nitrogens with one attached hydrogen (secondary N) is 1. The molecular weight excluding hydrogens is 471 g/mol. The van der Waals surface area contributed by atoms with Crippen LogP contribution in [0.3, 0.4) is 0 Å². The summed E-state index contributed by atoms with van der Waals surface area (Å²) < 4.78 is 27.8. The maximum absolute atomic E-state index is 13.3. The van der Waals surface area contributed by atoms with Gasteiger partial charge in [-0.05, 0) is 50.0 Å². The minimum absolute atomic E-state index is 0.118. The zero-order chi connectivity index (χ0) is 23.7. The lowest BCUT2D eigenvalue weighted by molar-refractivity contribution is -0.134. The molecule has 2 aliphatic heterocycles. The lowest BCUT2D eigenvalue weighted by Gasteiger charge is -2.44. The summed E-state index contributed by atoms with van der Waals surface area (Å²) in [6.07, 6.45) is 1.08. The Morgan fingerprint density at radius 2 is 1.78 bits per heavy atom. The molecule has 0 aromatic heterocycles. The molecule has 2 saturated heterocycles. The summed E-state index contributed by atoms with van der Waals surface area (Å²) in [5, 5.41) is 4.13. The van der Waals surface area contributed by atoms with E-state index in [4.69, 9.17) is 23.2 Å². The molecule has 0 aliphatic carbocycles. The molecular formula is C22H34Cl2N4O3S. The van der Waals surface area contributed by atoms with Gasteiger partial charge in [0.15, 0.2) is 0 Å². The average Bonchev–Trinajstić information content (AvgIpc) is 3.02. The van der Waals surface area contributed by atoms with Crippen molar-refractivity contribution in [3.63, 3.8) is 0 Å². The second kappa shape index (κ2) is 10.2. The van der Waals surface area contributed by atoms with Crippen molar-refractivity contribution in [2.75, 3.05) is 39.3 Å². The molecule has 10 heteroatoms. The van der Waals surface area contributed by atoms with Gasteiger partial charge in [-0.3, -0.25) is 10.1 Å². The summed E-state index contributed by atoms with van der Waals surface area (Å²) >= 11 is 12.0. The van der Waals surface area contributed by atoms with Gasteiger partial charge in [-0.25, -0.2) is 8.42 Å². The lowest BCUT2D eigenvalue weighted by Crippen LogP contribution is -2.60. The van der Waals surface area contributed by atoms with Gasteiger partial charge in [0.2, 0.25) is 15.9 Å². The Labute approximate surface area is 202 Å². The molecule has 0 saturated carbocycles. The summed E-state index contributed by atoms with van der Waals surface area (Å²) in [4.78, 5) is 17.7. The van der Waals surface area contributed by atoms with E-state index in [0.29, 0.717) is 37.5 Å². The van der Waals surface area contributed by atoms with Crippen molar-refractivity contribution in [2.24, 2.45) is 5.92 Å². The Kier molecular flexibility index (Phi) is 8.16. The van der Waals surface area contributed by atoms with Crippen LogP contribution in [0.1, 0.15) is 40.5 Å². The maximum Gasteiger partial charge on any atom is 0.243 e. The molecule has 1 amide bonds. The van der Waals surface area contributed by atoms with E-state index in [9.17, 15) is 13.2 Å². The smallest absolute Gasteiger partial charge is 0.243 e. The highest BCUT2D eigenvalue weighted by atomic mass is 35.5. The van der Waals surface area contributed by atoms with Crippen LogP contribution in [-0.4, -0.2) is 79.4 Å². The van der Waals surface area contributed by atoms with Crippen LogP contribution in [0.15, 0.2) is 23.1 Å². The average molecular weight is 506 g/mol. The molecule has 1 spiro atoms. The Hall–Kier alpha value is -0.900. The van der Waals surface area contributed by atoms with Gasteiger partial charge in [0.25, 0.3) is 0 Å². The number of nitrogens with zero attached hydrogens (tertiary/aromatic N) is 3. The lowest BCUT2D eigenvalue weighted by atomic mass is 9.97. The van der Waals surface area contributed by atoms with Crippen LogP contribution in [0.25, 0.3) is 0 Å². The minimum Gasteiger partial charge on any atom is -0.322 e. The molecule has 2 heterocycles. The largest absolute Gasteiger partial charge is 0.322 e. The minimum atomic E-state index is -3.69. The van der Waals surface area contributed by atoms with Gasteiger partial charge in [-0.2, -0.15) is 4.31 Å². The fraction of sp³-hybridized carbons (Fsp3) is 0.682. The number of carbonyl (C=O) groups is 1. The quantitative estimate of drug-likeness (QED) is 0.587. The first-order valence-electron chi connectivity index (χ1n) is 11.3. The number of hydrogen-bond donors (Lipinski definition) is 1. The van der Waals surface area contributed by atoms with Crippen LogP contribution in [0.2, 0.25) is 10.0 Å². The second-order valence-electron chi connectivity index (χ2n) is 8.89. The Balaban J connectivity index is 1.79. The molecule has 0 bridgehead atoms. The van der Waals surface area contributed by atoms with Crippen molar-refractivity contribution < 1.29 is 13.2 Å². The Morgan fingerprint density at radius 1 is 1.16 bits per heavy atom. The van der Waals surface area contributed by atoms with Crippen LogP contribution in [0.4, 0.5) is 0 Å². The third kappa shape index (κ3) is 4.95. The second-order valence-corrected chi connectivity index (χ2v) is 11.6. The number of amides is 1. The van der Waals surface area contributed by atoms with E-state index in [1.165, 1.54) is 22.5 Å². The summed E-state index contributed by atoms with van der Waals surface area (Å²) in [5.41, 5.74) is -0.511. The number of piperidine rings is 1. The van der Waals surface area contributed by atoms with Crippen LogP contribution < -0.4 is 5.32 Å². The summed E-state index contributed by atoms with van der Waals surface area (Å²) in [7, 11) is -3.69. The third-order valence-corrected chi connectivity index (χ3v) is 9.39. The monoisotopic (exact) mass is 504 g/mol. The van der Waals surface area contributed by atoms with E-state index >= 15 is 0 Å². The van der Waals surface area contributed by atoms with Crippen molar-refractivity contribution >= 4 is 39.1 Å². The summed E-state index contributed by atoms with van der Waals surface area (Å²) in [5.74, 6) is 0.281. The molecule has 32 heavy (non-hydrogen) atoms. The Morgan fingerprint density at radius 3 is 2.31 bits per heavy atom. The van der Waals surface area contributed by atoms with E-state index in [2.05, 4.69) is 24.1 Å². The summed E-state index contributed by atoms with van der Waals surface area (Å²) in [6.45, 7) is 12.3. The number of rotatable bonds is 8. The number of sulfonamides is 1. The van der Waals surface area contributed by atoms with E-state index < -0.39 is 15.7 Å². The molecule has 180 valence electrons. The van der Waals surface area contributed by atoms with Gasteiger partial charge in [0.1, 0.15) is 0 Å². The predicted octanol–water partition coefficient (Wildman–Crippen LogP) is 3.27. The molecule has 1 aromatic rings. The predicted molar refractivity (Wildman–Crippen MR) is 128 cm³/mol. The number of carbonyl (C=O) groups excluding carboxylic acids is 1. The molecule has 0 unspecified atom stereocenters. The van der Waals surface area contributed by atoms with Crippen LogP contribution in [0, 0.1) is 5.92 Å². The number of halogens is 2. The molecule has 1 aromatic carbocycles. The molecule has 2 aliphatic rings. The normalized spacial score (nSPS) is 21.9. The number of likely N-dealkylation sites (N-methyl/N-ethyl adjacent to an activating group) is 1. The first-order valence-corrected chi connectivity index (χ1v) is 13.5. The van der Waals surface area contributed by atoms with Crippen molar-refractivity contribution in [3.8, 4) is 0 Å². The van der Waals surface area contributed by atoms with Crippen LogP contribution in [-0.2, 0) is 14.8 Å². The van der Waals surface area contributed by atoms with Crippen molar-refractivity contribution in [1.82, 2.24) is 19.4 Å². The van der Waals surface area contributed by atoms with E-state index in [-0.39, 0.29) is 27.8 Å². The molecule has 1 N–H and O–H groups in total. The first-order chi connectivity index (χ1) is 15.1. The third-order valence-electron chi connectivity index (χ3n) is 6.75. The highest BCUT2D eigenvalue weighted by molar-refractivity contribution is 7.89. The standard InChI is InChI=1S/C22H34Cl2N4O3S/c1-5-26(6-2)13-14-28-21(29)20(16(3)4)25-22(28)9-11-27(12-10-22)32(30,31)17-7-8-18(23)19(24)15-17/h7-8,15-16,20,25H,5-6,9-14H2,1-4H3/t20-/m1/s1. The van der Waals surface area contributed by atoms with E-state index in [1.54, 1.807) is 0 Å². The number of benzene rings is 1. The van der Waals surface area contributed by atoms with E-state index in [0.717, 1.165) is 19.6 Å². The zero-order valence-corrected chi connectivity index (χ0v) is 21.6. The maximum atomic E-state index is 13.3. The van der Waals surface area contributed by atoms with Crippen LogP contribution in [0.5, 0.6) is 0 Å². The van der Waals surface area contributed by atoms with Gasteiger partial charge in [0.05, 0.1) is 26.6 Å². The molecule has 0 radical (unpaired) electrons. The Bertz CT molecular complexity index is 929. The van der Waals surface area contributed by atoms with Gasteiger partial charge in [-0.15, -0.1) is 0 Å². The highest BCUT2D eigenvalue weighted by Crippen LogP contribution is 2.36. The van der Waals surface area contributed by atoms with Gasteiger partial charge in [0, 0.05) is 26.2 Å². The van der Waals surface area contributed by atoms with E-state index in [1.807, 2.05) is 18.7 Å². The summed E-state index contributed by atoms with van der Waals surface area (Å²) in [6, 6.07) is 4.13. The van der Waals surface area contributed by atoms with Gasteiger partial charge >= 0.3 is 0 Å². The first kappa shape index (κ1) is 25.7.